The van der Waals surface area contributed by atoms with Crippen LogP contribution in [-0.4, -0.2) is 25.2 Å². The van der Waals surface area contributed by atoms with Crippen molar-refractivity contribution in [1.29, 1.82) is 0 Å². The van der Waals surface area contributed by atoms with Crippen LogP contribution >= 0.6 is 0 Å². The molecule has 0 saturated heterocycles. The van der Waals surface area contributed by atoms with Gasteiger partial charge in [0.15, 0.2) is 0 Å². The van der Waals surface area contributed by atoms with Crippen molar-refractivity contribution in [1.82, 2.24) is 0 Å². The number of rotatable bonds is 7. The monoisotopic (exact) mass is 376 g/mol. The summed E-state index contributed by atoms with van der Waals surface area (Å²) in [4.78, 5) is 24.2. The number of benzene rings is 3. The van der Waals surface area contributed by atoms with Crippen LogP contribution in [0.5, 0.6) is 11.5 Å². The van der Waals surface area contributed by atoms with Crippen LogP contribution in [0.4, 0.5) is 0 Å². The highest BCUT2D eigenvalue weighted by Crippen LogP contribution is 2.16. The number of carbonyl (C=O) groups excluding carboxylic acids is 2. The molecule has 3 rings (SSSR count). The molecule has 0 bridgehead atoms. The fourth-order valence-corrected chi connectivity index (χ4v) is 2.49. The molecular weight excluding hydrogens is 356 g/mol. The third-order valence-corrected chi connectivity index (χ3v) is 3.88. The fourth-order valence-electron chi connectivity index (χ4n) is 2.49. The van der Waals surface area contributed by atoms with E-state index >= 15 is 0 Å². The summed E-state index contributed by atoms with van der Waals surface area (Å²) in [6, 6.07) is 22.7. The van der Waals surface area contributed by atoms with Crippen molar-refractivity contribution >= 4 is 11.9 Å². The van der Waals surface area contributed by atoms with E-state index in [9.17, 15) is 9.59 Å². The largest absolute Gasteiger partial charge is 0.490 e. The Morgan fingerprint density at radius 2 is 1.46 bits per heavy atom. The number of esters is 2. The van der Waals surface area contributed by atoms with Crippen LogP contribution in [0.2, 0.25) is 0 Å². The molecule has 0 amide bonds. The number of aryl methyl sites for hydroxylation is 1. The number of hydrogen-bond acceptors (Lipinski definition) is 5. The molecule has 142 valence electrons. The molecule has 0 atom stereocenters. The fraction of sp³-hybridized carbons (Fsp3) is 0.130. The zero-order valence-electron chi connectivity index (χ0n) is 15.5. The Balaban J connectivity index is 1.48. The van der Waals surface area contributed by atoms with Crippen molar-refractivity contribution in [2.75, 3.05) is 13.2 Å². The van der Waals surface area contributed by atoms with Gasteiger partial charge in [-0.3, -0.25) is 0 Å². The van der Waals surface area contributed by atoms with Gasteiger partial charge in [0.1, 0.15) is 24.7 Å². The van der Waals surface area contributed by atoms with Crippen molar-refractivity contribution in [3.8, 4) is 11.5 Å². The van der Waals surface area contributed by atoms with Gasteiger partial charge in [-0.05, 0) is 55.5 Å². The summed E-state index contributed by atoms with van der Waals surface area (Å²) in [6.45, 7) is 2.31. The van der Waals surface area contributed by atoms with Crippen molar-refractivity contribution in [3.05, 3.63) is 95.6 Å². The van der Waals surface area contributed by atoms with E-state index in [0.717, 1.165) is 11.3 Å². The van der Waals surface area contributed by atoms with Crippen molar-refractivity contribution in [3.63, 3.8) is 0 Å². The van der Waals surface area contributed by atoms with Crippen LogP contribution in [0.25, 0.3) is 0 Å². The van der Waals surface area contributed by atoms with Gasteiger partial charge < -0.3 is 14.2 Å². The first-order chi connectivity index (χ1) is 13.6. The molecule has 0 aromatic heterocycles. The van der Waals surface area contributed by atoms with Crippen LogP contribution in [0.1, 0.15) is 26.3 Å². The first-order valence-electron chi connectivity index (χ1n) is 8.86. The number of hydrogen-bond donors (Lipinski definition) is 0. The third kappa shape index (κ3) is 5.45. The van der Waals surface area contributed by atoms with Gasteiger partial charge in [-0.1, -0.05) is 35.9 Å². The summed E-state index contributed by atoms with van der Waals surface area (Å²) in [5.41, 5.74) is 1.82. The maximum absolute atomic E-state index is 12.1. The van der Waals surface area contributed by atoms with Gasteiger partial charge >= 0.3 is 11.9 Å². The van der Waals surface area contributed by atoms with Crippen molar-refractivity contribution in [2.45, 2.75) is 6.92 Å². The second-order valence-electron chi connectivity index (χ2n) is 6.08. The molecule has 0 saturated carbocycles. The zero-order valence-corrected chi connectivity index (χ0v) is 15.5. The summed E-state index contributed by atoms with van der Waals surface area (Å²) in [6.07, 6.45) is 0. The van der Waals surface area contributed by atoms with Gasteiger partial charge in [0.25, 0.3) is 0 Å². The summed E-state index contributed by atoms with van der Waals surface area (Å²) in [7, 11) is 0. The molecule has 5 heteroatoms. The molecule has 0 radical (unpaired) electrons. The van der Waals surface area contributed by atoms with Gasteiger partial charge in [0.2, 0.25) is 0 Å². The van der Waals surface area contributed by atoms with Gasteiger partial charge in [-0.2, -0.15) is 0 Å². The Kier molecular flexibility index (Phi) is 6.41. The van der Waals surface area contributed by atoms with Gasteiger partial charge in [0.05, 0.1) is 11.1 Å². The molecular formula is C23H20O5. The zero-order chi connectivity index (χ0) is 19.8. The minimum Gasteiger partial charge on any atom is -0.490 e. The Labute approximate surface area is 163 Å². The number of carbonyl (C=O) groups is 2. The molecule has 5 nitrogen and oxygen atoms in total. The van der Waals surface area contributed by atoms with E-state index in [4.69, 9.17) is 14.2 Å². The van der Waals surface area contributed by atoms with Gasteiger partial charge in [0, 0.05) is 0 Å². The molecule has 0 N–H and O–H groups in total. The molecule has 0 fully saturated rings. The van der Waals surface area contributed by atoms with Crippen molar-refractivity contribution < 1.29 is 23.8 Å². The highest BCUT2D eigenvalue weighted by molar-refractivity contribution is 5.92. The van der Waals surface area contributed by atoms with E-state index < -0.39 is 11.9 Å². The molecule has 0 aliphatic heterocycles. The minimum absolute atomic E-state index is 0.137. The van der Waals surface area contributed by atoms with E-state index in [1.165, 1.54) is 0 Å². The SMILES string of the molecule is Cc1cccc(C(=O)Oc2ccc(C(=O)OCCOc3ccccc3)cc2)c1. The van der Waals surface area contributed by atoms with Crippen LogP contribution < -0.4 is 9.47 Å². The maximum atomic E-state index is 12.1. The van der Waals surface area contributed by atoms with Crippen LogP contribution in [0.3, 0.4) is 0 Å². The van der Waals surface area contributed by atoms with Crippen LogP contribution in [-0.2, 0) is 4.74 Å². The lowest BCUT2D eigenvalue weighted by Gasteiger charge is -2.08. The predicted octanol–water partition coefficient (Wildman–Crippen LogP) is 4.45. The van der Waals surface area contributed by atoms with E-state index in [1.807, 2.05) is 43.3 Å². The molecule has 0 spiro atoms. The maximum Gasteiger partial charge on any atom is 0.343 e. The van der Waals surface area contributed by atoms with E-state index in [-0.39, 0.29) is 13.2 Å². The molecule has 0 aliphatic rings. The Hall–Kier alpha value is -3.60. The Morgan fingerprint density at radius 1 is 0.714 bits per heavy atom. The third-order valence-electron chi connectivity index (χ3n) is 3.88. The standard InChI is InChI=1S/C23H20O5/c1-17-6-5-7-19(16-17)23(25)28-21-12-10-18(11-13-21)22(24)27-15-14-26-20-8-3-2-4-9-20/h2-13,16H,14-15H2,1H3. The lowest BCUT2D eigenvalue weighted by molar-refractivity contribution is 0.0450. The molecule has 0 unspecified atom stereocenters. The lowest BCUT2D eigenvalue weighted by Crippen LogP contribution is -2.12. The van der Waals surface area contributed by atoms with Crippen LogP contribution in [0.15, 0.2) is 78.9 Å². The topological polar surface area (TPSA) is 61.8 Å². The normalized spacial score (nSPS) is 10.2. The molecule has 0 heterocycles. The Bertz CT molecular complexity index is 933. The second kappa shape index (κ2) is 9.37. The minimum atomic E-state index is -0.465. The summed E-state index contributed by atoms with van der Waals surface area (Å²) >= 11 is 0. The Morgan fingerprint density at radius 3 is 2.18 bits per heavy atom. The second-order valence-corrected chi connectivity index (χ2v) is 6.08. The van der Waals surface area contributed by atoms with Gasteiger partial charge in [-0.25, -0.2) is 9.59 Å². The number of para-hydroxylation sites is 1. The number of ether oxygens (including phenoxy) is 3. The van der Waals surface area contributed by atoms with Gasteiger partial charge in [-0.15, -0.1) is 0 Å². The molecule has 28 heavy (non-hydrogen) atoms. The highest BCUT2D eigenvalue weighted by Gasteiger charge is 2.11. The highest BCUT2D eigenvalue weighted by atomic mass is 16.6. The van der Waals surface area contributed by atoms with Crippen LogP contribution in [0, 0.1) is 6.92 Å². The predicted molar refractivity (Wildman–Crippen MR) is 105 cm³/mol. The average Bonchev–Trinajstić information content (AvgIpc) is 2.72. The van der Waals surface area contributed by atoms with E-state index in [1.54, 1.807) is 42.5 Å². The first-order valence-corrected chi connectivity index (χ1v) is 8.86. The summed E-state index contributed by atoms with van der Waals surface area (Å²) < 4.78 is 16.0. The molecule has 3 aromatic rings. The lowest BCUT2D eigenvalue weighted by atomic mass is 10.1. The van der Waals surface area contributed by atoms with E-state index in [2.05, 4.69) is 0 Å². The summed E-state index contributed by atoms with van der Waals surface area (Å²) in [5.74, 6) is 0.166. The smallest absolute Gasteiger partial charge is 0.343 e. The van der Waals surface area contributed by atoms with Crippen molar-refractivity contribution in [2.24, 2.45) is 0 Å². The van der Waals surface area contributed by atoms with E-state index in [0.29, 0.717) is 16.9 Å². The first kappa shape index (κ1) is 19.2. The quantitative estimate of drug-likeness (QED) is 0.346. The average molecular weight is 376 g/mol. The summed E-state index contributed by atoms with van der Waals surface area (Å²) in [5, 5.41) is 0. The molecule has 0 aliphatic carbocycles. The molecule has 3 aromatic carbocycles.